The van der Waals surface area contributed by atoms with Gasteiger partial charge in [-0.3, -0.25) is 9.69 Å². The Labute approximate surface area is 294 Å². The highest BCUT2D eigenvalue weighted by molar-refractivity contribution is 6.33. The van der Waals surface area contributed by atoms with E-state index in [0.717, 1.165) is 62.8 Å². The Morgan fingerprint density at radius 3 is 2.36 bits per heavy atom. The number of piperidine rings is 2. The third-order valence-corrected chi connectivity index (χ3v) is 10.5. The van der Waals surface area contributed by atoms with E-state index < -0.39 is 35.5 Å². The highest BCUT2D eigenvalue weighted by Crippen LogP contribution is 2.38. The smallest absolute Gasteiger partial charge is 0.397 e. The van der Waals surface area contributed by atoms with Crippen LogP contribution in [0.4, 0.5) is 34.1 Å². The molecule has 2 aromatic rings. The van der Waals surface area contributed by atoms with Gasteiger partial charge in [0.15, 0.2) is 0 Å². The maximum Gasteiger partial charge on any atom is 0.426 e. The van der Waals surface area contributed by atoms with Crippen molar-refractivity contribution >= 4 is 41.0 Å². The van der Waals surface area contributed by atoms with Gasteiger partial charge in [0, 0.05) is 83.1 Å². The van der Waals surface area contributed by atoms with Gasteiger partial charge >= 0.3 is 18.3 Å². The second kappa shape index (κ2) is 15.6. The molecule has 3 saturated heterocycles. The first kappa shape index (κ1) is 36.0. The van der Waals surface area contributed by atoms with E-state index in [0.29, 0.717) is 51.6 Å². The molecule has 5 N–H and O–H groups in total. The summed E-state index contributed by atoms with van der Waals surface area (Å²) >= 11 is 6.09. The fourth-order valence-electron chi connectivity index (χ4n) is 7.45. The molecule has 272 valence electrons. The average molecular weight is 721 g/mol. The van der Waals surface area contributed by atoms with Gasteiger partial charge in [-0.15, -0.1) is 5.06 Å². The SMILES string of the molecule is Nc1c(Cl)cc(C[C@@H](NC(=O)ON2CCC(N3CCc4ccccc4NC3=O)CC2)C(=O)N2CCC(N3CCNCC3)CC2)cc1C(F)(F)F. The molecule has 0 radical (unpaired) electrons. The van der Waals surface area contributed by atoms with Crippen LogP contribution in [0.25, 0.3) is 0 Å². The van der Waals surface area contributed by atoms with Gasteiger partial charge in [0.25, 0.3) is 0 Å². The van der Waals surface area contributed by atoms with Gasteiger partial charge in [-0.1, -0.05) is 29.8 Å². The first-order chi connectivity index (χ1) is 24.0. The number of fused-ring (bicyclic) bond motifs is 1. The summed E-state index contributed by atoms with van der Waals surface area (Å²) in [5, 5.41) is 10.2. The van der Waals surface area contributed by atoms with E-state index in [1.807, 2.05) is 29.2 Å². The highest BCUT2D eigenvalue weighted by atomic mass is 35.5. The van der Waals surface area contributed by atoms with E-state index in [4.69, 9.17) is 22.2 Å². The molecular formula is C34H44ClF3N8O4. The lowest BCUT2D eigenvalue weighted by Crippen LogP contribution is -2.56. The summed E-state index contributed by atoms with van der Waals surface area (Å²) in [5.74, 6) is -0.408. The zero-order valence-corrected chi connectivity index (χ0v) is 28.6. The summed E-state index contributed by atoms with van der Waals surface area (Å²) in [6.07, 6.45) is -2.54. The standard InChI is InChI=1S/C34H44ClF3N8O4/c35-27-20-22(19-26(30(27)39)34(36,37)38)21-29(31(47)44-12-6-24(7-13-44)43-17-10-40-11-18-43)42-33(49)50-45-14-8-25(9-15-45)46-16-5-23-3-1-2-4-28(23)41-32(46)48/h1-4,19-20,24-25,29,40H,5-18,21,39H2,(H,41,48)(H,42,49)/t29-/m1/s1. The van der Waals surface area contributed by atoms with Crippen molar-refractivity contribution in [2.45, 2.75) is 62.8 Å². The summed E-state index contributed by atoms with van der Waals surface area (Å²) in [7, 11) is 0. The van der Waals surface area contributed by atoms with Crippen LogP contribution in [0.15, 0.2) is 36.4 Å². The molecule has 12 nitrogen and oxygen atoms in total. The van der Waals surface area contributed by atoms with Crippen molar-refractivity contribution in [3.63, 3.8) is 0 Å². The van der Waals surface area contributed by atoms with Crippen molar-refractivity contribution < 1.29 is 32.4 Å². The van der Waals surface area contributed by atoms with Crippen LogP contribution in [0.5, 0.6) is 0 Å². The molecule has 0 bridgehead atoms. The Kier molecular flexibility index (Phi) is 11.3. The third-order valence-electron chi connectivity index (χ3n) is 10.2. The van der Waals surface area contributed by atoms with E-state index in [1.54, 1.807) is 4.90 Å². The first-order valence-corrected chi connectivity index (χ1v) is 17.6. The van der Waals surface area contributed by atoms with Gasteiger partial charge in [-0.25, -0.2) is 9.59 Å². The minimum atomic E-state index is -4.76. The molecule has 50 heavy (non-hydrogen) atoms. The number of likely N-dealkylation sites (tertiary alicyclic amines) is 1. The molecule has 4 aliphatic rings. The monoisotopic (exact) mass is 720 g/mol. The summed E-state index contributed by atoms with van der Waals surface area (Å²) in [4.78, 5) is 51.7. The maximum absolute atomic E-state index is 13.9. The Morgan fingerprint density at radius 2 is 1.66 bits per heavy atom. The van der Waals surface area contributed by atoms with Crippen LogP contribution < -0.4 is 21.7 Å². The molecule has 16 heteroatoms. The Balaban J connectivity index is 1.09. The van der Waals surface area contributed by atoms with Crippen LogP contribution in [0.3, 0.4) is 0 Å². The number of anilines is 2. The number of nitrogen functional groups attached to an aromatic ring is 1. The minimum absolute atomic E-state index is 0.0521. The fraction of sp³-hybridized carbons (Fsp3) is 0.559. The number of hydrogen-bond donors (Lipinski definition) is 4. The molecule has 0 aromatic heterocycles. The third kappa shape index (κ3) is 8.56. The molecule has 0 saturated carbocycles. The quantitative estimate of drug-likeness (QED) is 0.316. The number of amides is 4. The lowest BCUT2D eigenvalue weighted by atomic mass is 9.98. The molecule has 0 unspecified atom stereocenters. The number of nitrogens with one attached hydrogen (secondary N) is 3. The van der Waals surface area contributed by atoms with E-state index in [-0.39, 0.29) is 29.1 Å². The molecule has 4 heterocycles. The van der Waals surface area contributed by atoms with Crippen molar-refractivity contribution in [3.8, 4) is 0 Å². The number of rotatable bonds is 7. The van der Waals surface area contributed by atoms with Crippen LogP contribution >= 0.6 is 11.6 Å². The number of hydroxylamine groups is 2. The van der Waals surface area contributed by atoms with Gasteiger partial charge in [0.2, 0.25) is 5.91 Å². The van der Waals surface area contributed by atoms with Gasteiger partial charge in [0.1, 0.15) is 6.04 Å². The maximum atomic E-state index is 13.9. The molecule has 0 spiro atoms. The zero-order valence-electron chi connectivity index (χ0n) is 27.8. The number of carbonyl (C=O) groups excluding carboxylic acids is 3. The largest absolute Gasteiger partial charge is 0.426 e. The average Bonchev–Trinajstić information content (AvgIpc) is 3.27. The number of nitrogens with two attached hydrogens (primary N) is 1. The molecule has 6 rings (SSSR count). The number of nitrogens with zero attached hydrogens (tertiary/aromatic N) is 4. The summed E-state index contributed by atoms with van der Waals surface area (Å²) in [6.45, 7) is 5.89. The molecular weight excluding hydrogens is 677 g/mol. The van der Waals surface area contributed by atoms with Gasteiger partial charge in [-0.2, -0.15) is 13.2 Å². The summed E-state index contributed by atoms with van der Waals surface area (Å²) in [5.41, 5.74) is 5.92. The van der Waals surface area contributed by atoms with Crippen LogP contribution in [-0.2, 0) is 28.7 Å². The van der Waals surface area contributed by atoms with Crippen LogP contribution in [0.2, 0.25) is 5.02 Å². The van der Waals surface area contributed by atoms with E-state index in [9.17, 15) is 27.6 Å². The predicted molar refractivity (Wildman–Crippen MR) is 182 cm³/mol. The number of benzene rings is 2. The number of piperazine rings is 1. The number of hydrogen-bond acceptors (Lipinski definition) is 8. The Hall–Kier alpha value is -3.79. The molecule has 3 fully saturated rings. The number of halogens is 4. The molecule has 0 aliphatic carbocycles. The molecule has 4 amide bonds. The van der Waals surface area contributed by atoms with E-state index in [1.165, 1.54) is 11.1 Å². The number of urea groups is 1. The molecule has 2 aromatic carbocycles. The second-order valence-electron chi connectivity index (χ2n) is 13.3. The number of carbonyl (C=O) groups is 3. The van der Waals surface area contributed by atoms with Gasteiger partial charge in [-0.05, 0) is 61.4 Å². The zero-order chi connectivity index (χ0) is 35.4. The highest BCUT2D eigenvalue weighted by Gasteiger charge is 2.37. The predicted octanol–water partition coefficient (Wildman–Crippen LogP) is 3.94. The van der Waals surface area contributed by atoms with Gasteiger partial charge < -0.3 is 36.3 Å². The second-order valence-corrected chi connectivity index (χ2v) is 13.8. The summed E-state index contributed by atoms with van der Waals surface area (Å²) in [6, 6.07) is 8.78. The molecule has 1 atom stereocenters. The van der Waals surface area contributed by atoms with Gasteiger partial charge in [0.05, 0.1) is 16.3 Å². The topological polar surface area (TPSA) is 136 Å². The number of alkyl halides is 3. The lowest BCUT2D eigenvalue weighted by Gasteiger charge is -2.41. The number of para-hydroxylation sites is 1. The van der Waals surface area contributed by atoms with Crippen molar-refractivity contribution in [2.24, 2.45) is 0 Å². The summed E-state index contributed by atoms with van der Waals surface area (Å²) < 4.78 is 41.3. The van der Waals surface area contributed by atoms with Crippen molar-refractivity contribution in [1.82, 2.24) is 30.4 Å². The Bertz CT molecular complexity index is 1540. The minimum Gasteiger partial charge on any atom is -0.397 e. The van der Waals surface area contributed by atoms with Crippen molar-refractivity contribution in [2.75, 3.05) is 70.0 Å². The van der Waals surface area contributed by atoms with Crippen molar-refractivity contribution in [1.29, 1.82) is 0 Å². The Morgan fingerprint density at radius 1 is 0.980 bits per heavy atom. The normalized spacial score (nSPS) is 20.8. The van der Waals surface area contributed by atoms with Crippen LogP contribution in [0.1, 0.15) is 42.4 Å². The fourth-order valence-corrected chi connectivity index (χ4v) is 7.69. The lowest BCUT2D eigenvalue weighted by molar-refractivity contribution is -0.137. The first-order valence-electron chi connectivity index (χ1n) is 17.2. The van der Waals surface area contributed by atoms with E-state index in [2.05, 4.69) is 20.9 Å². The van der Waals surface area contributed by atoms with E-state index >= 15 is 0 Å². The van der Waals surface area contributed by atoms with Crippen LogP contribution in [0, 0.1) is 0 Å². The molecule has 4 aliphatic heterocycles. The van der Waals surface area contributed by atoms with Crippen LogP contribution in [-0.4, -0.2) is 115 Å². The van der Waals surface area contributed by atoms with Crippen molar-refractivity contribution in [3.05, 3.63) is 58.1 Å².